The average Bonchev–Trinajstić information content (AvgIpc) is 1.61. The molecule has 0 atom stereocenters. The molecule has 0 aliphatic rings. The highest BCUT2D eigenvalue weighted by atomic mass is 14.6. The van der Waals surface area contributed by atoms with E-state index < -0.39 is 0 Å². The van der Waals surface area contributed by atoms with Crippen LogP contribution in [0.1, 0.15) is 20.8 Å². The summed E-state index contributed by atoms with van der Waals surface area (Å²) in [6.07, 6.45) is 0. The predicted molar refractivity (Wildman–Crippen MR) is 32.6 cm³/mol. The first-order valence-electron chi connectivity index (χ1n) is 2.69. The van der Waals surface area contributed by atoms with Crippen LogP contribution < -0.4 is 0 Å². The summed E-state index contributed by atoms with van der Waals surface area (Å²) in [7, 11) is 0. The molecule has 0 spiro atoms. The minimum absolute atomic E-state index is 0.486. The summed E-state index contributed by atoms with van der Waals surface area (Å²) in [6.45, 7) is 7.01. The largest absolute Gasteiger partial charge is 0.275 e. The Labute approximate surface area is 45.2 Å². The van der Waals surface area contributed by atoms with Gasteiger partial charge in [0.15, 0.2) is 0 Å². The molecule has 0 amide bonds. The zero-order valence-corrected chi connectivity index (χ0v) is 5.23. The van der Waals surface area contributed by atoms with Gasteiger partial charge < -0.3 is 0 Å². The molecule has 0 heterocycles. The van der Waals surface area contributed by atoms with E-state index in [2.05, 4.69) is 24.8 Å². The summed E-state index contributed by atoms with van der Waals surface area (Å²) in [5.41, 5.74) is 0. The Bertz CT molecular complexity index is 84.1. The first kappa shape index (κ1) is 6.49. The SMILES string of the molecule is CC[N+]#CC(C)C. The van der Waals surface area contributed by atoms with Crippen molar-refractivity contribution >= 4 is 0 Å². The lowest BCUT2D eigenvalue weighted by Crippen LogP contribution is -1.75. The summed E-state index contributed by atoms with van der Waals surface area (Å²) >= 11 is 0. The molecule has 0 aromatic rings. The molecule has 0 N–H and O–H groups in total. The third kappa shape index (κ3) is 5.49. The van der Waals surface area contributed by atoms with Crippen molar-refractivity contribution in [3.8, 4) is 6.07 Å². The maximum Gasteiger partial charge on any atom is 0.275 e. The normalized spacial score (nSPS) is 8.00. The van der Waals surface area contributed by atoms with Crippen LogP contribution in [0.3, 0.4) is 0 Å². The number of hydrogen-bond acceptors (Lipinski definition) is 0. The van der Waals surface area contributed by atoms with Gasteiger partial charge in [0.2, 0.25) is 0 Å². The van der Waals surface area contributed by atoms with E-state index in [4.69, 9.17) is 0 Å². The standard InChI is InChI=1S/C6H12N/c1-4-7-5-6(2)3/h6H,4H2,1-3H3/q+1. The quantitative estimate of drug-likeness (QED) is 0.436. The minimum Gasteiger partial charge on any atom is -0.0838 e. The second-order valence-electron chi connectivity index (χ2n) is 1.76. The fraction of sp³-hybridized carbons (Fsp3) is 0.833. The highest BCUT2D eigenvalue weighted by Gasteiger charge is 1.89. The topological polar surface area (TPSA) is 4.36 Å². The maximum absolute atomic E-state index is 3.92. The summed E-state index contributed by atoms with van der Waals surface area (Å²) in [4.78, 5) is 3.92. The molecular formula is C6H12N+. The molecule has 0 radical (unpaired) electrons. The lowest BCUT2D eigenvalue weighted by Gasteiger charge is -1.72. The number of nitrogens with zero attached hydrogens (tertiary/aromatic N) is 1. The monoisotopic (exact) mass is 98.1 g/mol. The van der Waals surface area contributed by atoms with Gasteiger partial charge in [0, 0.05) is 6.92 Å². The van der Waals surface area contributed by atoms with E-state index in [1.807, 2.05) is 6.92 Å². The van der Waals surface area contributed by atoms with Gasteiger partial charge in [0.25, 0.3) is 12.6 Å². The van der Waals surface area contributed by atoms with E-state index in [0.29, 0.717) is 5.92 Å². The van der Waals surface area contributed by atoms with Gasteiger partial charge in [0.1, 0.15) is 0 Å². The first-order valence-corrected chi connectivity index (χ1v) is 2.69. The molecule has 0 aromatic carbocycles. The van der Waals surface area contributed by atoms with Gasteiger partial charge in [-0.3, -0.25) is 0 Å². The van der Waals surface area contributed by atoms with Crippen LogP contribution in [0.15, 0.2) is 0 Å². The Morgan fingerprint density at radius 3 is 2.29 bits per heavy atom. The van der Waals surface area contributed by atoms with Crippen molar-refractivity contribution in [2.24, 2.45) is 5.92 Å². The number of rotatable bonds is 0. The molecular weight excluding hydrogens is 86.1 g/mol. The summed E-state index contributed by atoms with van der Waals surface area (Å²) < 4.78 is 0. The van der Waals surface area contributed by atoms with Crippen molar-refractivity contribution < 1.29 is 0 Å². The van der Waals surface area contributed by atoms with Gasteiger partial charge in [-0.1, -0.05) is 4.85 Å². The van der Waals surface area contributed by atoms with Gasteiger partial charge >= 0.3 is 0 Å². The molecule has 0 aromatic heterocycles. The zero-order valence-electron chi connectivity index (χ0n) is 5.23. The van der Waals surface area contributed by atoms with Gasteiger partial charge in [0.05, 0.1) is 5.92 Å². The van der Waals surface area contributed by atoms with E-state index in [1.54, 1.807) is 0 Å². The molecule has 7 heavy (non-hydrogen) atoms. The van der Waals surface area contributed by atoms with Crippen molar-refractivity contribution in [1.29, 1.82) is 0 Å². The molecule has 0 bridgehead atoms. The van der Waals surface area contributed by atoms with Crippen molar-refractivity contribution in [2.75, 3.05) is 6.54 Å². The van der Waals surface area contributed by atoms with Crippen LogP contribution in [0.5, 0.6) is 0 Å². The molecule has 1 heteroatoms. The van der Waals surface area contributed by atoms with E-state index in [9.17, 15) is 0 Å². The smallest absolute Gasteiger partial charge is 0.0838 e. The van der Waals surface area contributed by atoms with E-state index in [1.165, 1.54) is 0 Å². The van der Waals surface area contributed by atoms with Gasteiger partial charge in [-0.05, 0) is 13.8 Å². The highest BCUT2D eigenvalue weighted by Crippen LogP contribution is 1.85. The Hall–Kier alpha value is -0.510. The van der Waals surface area contributed by atoms with Crippen LogP contribution in [-0.4, -0.2) is 6.54 Å². The van der Waals surface area contributed by atoms with Crippen molar-refractivity contribution in [3.63, 3.8) is 0 Å². The fourth-order valence-electron chi connectivity index (χ4n) is 0.274. The van der Waals surface area contributed by atoms with Crippen molar-refractivity contribution in [3.05, 3.63) is 4.85 Å². The number of hydrogen-bond donors (Lipinski definition) is 0. The second kappa shape index (κ2) is 3.67. The van der Waals surface area contributed by atoms with Crippen molar-refractivity contribution in [2.45, 2.75) is 20.8 Å². The molecule has 0 aliphatic heterocycles. The van der Waals surface area contributed by atoms with Crippen LogP contribution in [0, 0.1) is 12.0 Å². The van der Waals surface area contributed by atoms with Crippen LogP contribution >= 0.6 is 0 Å². The average molecular weight is 98.2 g/mol. The van der Waals surface area contributed by atoms with Crippen LogP contribution in [0.4, 0.5) is 0 Å². The van der Waals surface area contributed by atoms with Gasteiger partial charge in [-0.2, -0.15) is 0 Å². The van der Waals surface area contributed by atoms with Crippen molar-refractivity contribution in [1.82, 2.24) is 0 Å². The maximum atomic E-state index is 3.92. The van der Waals surface area contributed by atoms with Gasteiger partial charge in [-0.15, -0.1) is 0 Å². The van der Waals surface area contributed by atoms with Crippen LogP contribution in [-0.2, 0) is 0 Å². The first-order chi connectivity index (χ1) is 3.27. The lowest BCUT2D eigenvalue weighted by atomic mass is 10.3. The van der Waals surface area contributed by atoms with E-state index in [0.717, 1.165) is 6.54 Å². The molecule has 0 saturated heterocycles. The molecule has 0 saturated carbocycles. The minimum atomic E-state index is 0.486. The molecule has 0 unspecified atom stereocenters. The molecule has 1 nitrogen and oxygen atoms in total. The Morgan fingerprint density at radius 1 is 1.57 bits per heavy atom. The predicted octanol–water partition coefficient (Wildman–Crippen LogP) is 2.00. The fourth-order valence-corrected chi connectivity index (χ4v) is 0.274. The second-order valence-corrected chi connectivity index (χ2v) is 1.76. The molecule has 0 aliphatic carbocycles. The molecule has 0 fully saturated rings. The van der Waals surface area contributed by atoms with E-state index in [-0.39, 0.29) is 0 Å². The summed E-state index contributed by atoms with van der Waals surface area (Å²) in [5.74, 6) is 0.486. The third-order valence-corrected chi connectivity index (χ3v) is 0.508. The molecule has 0 rings (SSSR count). The highest BCUT2D eigenvalue weighted by molar-refractivity contribution is 4.88. The Kier molecular flexibility index (Phi) is 3.40. The zero-order chi connectivity index (χ0) is 5.70. The lowest BCUT2D eigenvalue weighted by molar-refractivity contribution is 0.862. The Balaban J connectivity index is 3.24. The third-order valence-electron chi connectivity index (χ3n) is 0.508. The van der Waals surface area contributed by atoms with Crippen LogP contribution in [0.25, 0.3) is 4.85 Å². The summed E-state index contributed by atoms with van der Waals surface area (Å²) in [6, 6.07) is 2.92. The van der Waals surface area contributed by atoms with E-state index >= 15 is 0 Å². The molecule has 40 valence electrons. The Morgan fingerprint density at radius 2 is 2.14 bits per heavy atom. The van der Waals surface area contributed by atoms with Gasteiger partial charge in [-0.25, -0.2) is 0 Å². The van der Waals surface area contributed by atoms with Crippen LogP contribution in [0.2, 0.25) is 0 Å². The summed E-state index contributed by atoms with van der Waals surface area (Å²) in [5, 5.41) is 0.